The van der Waals surface area contributed by atoms with Gasteiger partial charge in [-0.05, 0) is 54.4 Å². The summed E-state index contributed by atoms with van der Waals surface area (Å²) in [5, 5.41) is 7.85. The van der Waals surface area contributed by atoms with Gasteiger partial charge < -0.3 is 16.0 Å². The third-order valence-corrected chi connectivity index (χ3v) is 2.88. The molecular formula is C13H18BrN3O2. The van der Waals surface area contributed by atoms with Gasteiger partial charge in [0.25, 0.3) is 0 Å². The molecule has 6 heteroatoms. The zero-order valence-corrected chi connectivity index (χ0v) is 12.8. The number of amides is 3. The first-order valence-electron chi connectivity index (χ1n) is 5.99. The van der Waals surface area contributed by atoms with E-state index in [1.165, 1.54) is 0 Å². The van der Waals surface area contributed by atoms with Crippen LogP contribution in [0.1, 0.15) is 19.4 Å². The lowest BCUT2D eigenvalue weighted by atomic mass is 10.2. The Bertz CT molecular complexity index is 475. The van der Waals surface area contributed by atoms with E-state index in [2.05, 4.69) is 31.9 Å². The van der Waals surface area contributed by atoms with E-state index < -0.39 is 0 Å². The van der Waals surface area contributed by atoms with Gasteiger partial charge in [-0.1, -0.05) is 6.07 Å². The second-order valence-corrected chi connectivity index (χ2v) is 5.37. The summed E-state index contributed by atoms with van der Waals surface area (Å²) in [4.78, 5) is 23.0. The molecule has 0 aliphatic carbocycles. The van der Waals surface area contributed by atoms with Crippen molar-refractivity contribution in [3.8, 4) is 0 Å². The van der Waals surface area contributed by atoms with Gasteiger partial charge in [0.2, 0.25) is 5.91 Å². The quantitative estimate of drug-likeness (QED) is 0.794. The van der Waals surface area contributed by atoms with Crippen molar-refractivity contribution in [2.45, 2.75) is 26.8 Å². The minimum Gasteiger partial charge on any atom is -0.336 e. The van der Waals surface area contributed by atoms with Gasteiger partial charge in [-0.15, -0.1) is 0 Å². The van der Waals surface area contributed by atoms with Crippen LogP contribution in [0.25, 0.3) is 0 Å². The highest BCUT2D eigenvalue weighted by molar-refractivity contribution is 9.10. The number of nitrogens with one attached hydrogen (secondary N) is 3. The Morgan fingerprint density at radius 3 is 2.58 bits per heavy atom. The Balaban J connectivity index is 2.45. The lowest BCUT2D eigenvalue weighted by Crippen LogP contribution is -2.42. The Hall–Kier alpha value is -1.56. The van der Waals surface area contributed by atoms with Crippen molar-refractivity contribution >= 4 is 33.6 Å². The highest BCUT2D eigenvalue weighted by atomic mass is 79.9. The predicted molar refractivity (Wildman–Crippen MR) is 79.2 cm³/mol. The molecular weight excluding hydrogens is 310 g/mol. The van der Waals surface area contributed by atoms with Crippen molar-refractivity contribution in [2.24, 2.45) is 0 Å². The maximum atomic E-state index is 11.7. The summed E-state index contributed by atoms with van der Waals surface area (Å²) in [6.45, 7) is 5.60. The van der Waals surface area contributed by atoms with Gasteiger partial charge in [0.05, 0.1) is 12.2 Å². The predicted octanol–water partition coefficient (Wildman–Crippen LogP) is 2.40. The van der Waals surface area contributed by atoms with Crippen LogP contribution < -0.4 is 16.0 Å². The maximum Gasteiger partial charge on any atom is 0.315 e. The van der Waals surface area contributed by atoms with Crippen molar-refractivity contribution in [3.05, 3.63) is 28.2 Å². The van der Waals surface area contributed by atoms with Crippen molar-refractivity contribution < 1.29 is 9.59 Å². The first kappa shape index (κ1) is 15.5. The van der Waals surface area contributed by atoms with Gasteiger partial charge in [0.15, 0.2) is 0 Å². The molecule has 0 unspecified atom stereocenters. The van der Waals surface area contributed by atoms with Gasteiger partial charge >= 0.3 is 6.03 Å². The number of carbonyl (C=O) groups excluding carboxylic acids is 2. The van der Waals surface area contributed by atoms with Crippen LogP contribution in [0.4, 0.5) is 10.5 Å². The fraction of sp³-hybridized carbons (Fsp3) is 0.385. The summed E-state index contributed by atoms with van der Waals surface area (Å²) in [5.74, 6) is -0.275. The Kier molecular flexibility index (Phi) is 5.82. The molecule has 1 rings (SSSR count). The average molecular weight is 328 g/mol. The smallest absolute Gasteiger partial charge is 0.315 e. The number of halogens is 1. The van der Waals surface area contributed by atoms with Crippen LogP contribution in [0.2, 0.25) is 0 Å². The monoisotopic (exact) mass is 327 g/mol. The zero-order valence-electron chi connectivity index (χ0n) is 11.2. The van der Waals surface area contributed by atoms with E-state index in [1.54, 1.807) is 0 Å². The van der Waals surface area contributed by atoms with E-state index in [-0.39, 0.29) is 24.5 Å². The fourth-order valence-electron chi connectivity index (χ4n) is 1.39. The highest BCUT2D eigenvalue weighted by Crippen LogP contribution is 2.23. The highest BCUT2D eigenvalue weighted by Gasteiger charge is 2.08. The summed E-state index contributed by atoms with van der Waals surface area (Å²) in [6, 6.07) is 5.31. The molecule has 0 spiro atoms. The van der Waals surface area contributed by atoms with Crippen molar-refractivity contribution in [2.75, 3.05) is 11.9 Å². The van der Waals surface area contributed by atoms with Crippen LogP contribution in [0, 0.1) is 6.92 Å². The molecule has 3 N–H and O–H groups in total. The summed E-state index contributed by atoms with van der Waals surface area (Å²) in [7, 11) is 0. The number of aryl methyl sites for hydroxylation is 1. The number of hydrogen-bond donors (Lipinski definition) is 3. The van der Waals surface area contributed by atoms with Gasteiger partial charge in [-0.25, -0.2) is 4.79 Å². The third-order valence-electron chi connectivity index (χ3n) is 2.23. The second kappa shape index (κ2) is 7.13. The molecule has 104 valence electrons. The molecule has 0 aromatic heterocycles. The van der Waals surface area contributed by atoms with E-state index in [4.69, 9.17) is 0 Å². The molecule has 1 aromatic carbocycles. The number of anilines is 1. The molecule has 19 heavy (non-hydrogen) atoms. The maximum absolute atomic E-state index is 11.7. The largest absolute Gasteiger partial charge is 0.336 e. The van der Waals surface area contributed by atoms with Crippen molar-refractivity contribution in [1.82, 2.24) is 10.6 Å². The topological polar surface area (TPSA) is 70.2 Å². The number of benzene rings is 1. The summed E-state index contributed by atoms with van der Waals surface area (Å²) < 4.78 is 0.812. The molecule has 0 saturated carbocycles. The van der Waals surface area contributed by atoms with Crippen molar-refractivity contribution in [1.29, 1.82) is 0 Å². The van der Waals surface area contributed by atoms with E-state index in [9.17, 15) is 9.59 Å². The Labute approximate surface area is 121 Å². The number of urea groups is 1. The summed E-state index contributed by atoms with van der Waals surface area (Å²) in [6.07, 6.45) is 0. The molecule has 0 radical (unpaired) electrons. The van der Waals surface area contributed by atoms with E-state index in [1.807, 2.05) is 39.0 Å². The molecule has 0 aliphatic rings. The number of carbonyl (C=O) groups is 2. The Morgan fingerprint density at radius 2 is 2.00 bits per heavy atom. The van der Waals surface area contributed by atoms with E-state index >= 15 is 0 Å². The number of rotatable bonds is 4. The molecule has 0 fully saturated rings. The van der Waals surface area contributed by atoms with Crippen LogP contribution in [-0.2, 0) is 4.79 Å². The van der Waals surface area contributed by atoms with Crippen LogP contribution in [0.5, 0.6) is 0 Å². The summed E-state index contributed by atoms with van der Waals surface area (Å²) >= 11 is 3.37. The lowest BCUT2D eigenvalue weighted by molar-refractivity contribution is -0.115. The van der Waals surface area contributed by atoms with E-state index in [0.717, 1.165) is 10.0 Å². The standard InChI is InChI=1S/C13H18BrN3O2/c1-8(2)16-13(19)15-7-12(18)17-11-5-4-9(3)6-10(11)14/h4-6,8H,7H2,1-3H3,(H,17,18)(H2,15,16,19). The SMILES string of the molecule is Cc1ccc(NC(=O)CNC(=O)NC(C)C)c(Br)c1. The van der Waals surface area contributed by atoms with Gasteiger partial charge in [-0.2, -0.15) is 0 Å². The fourth-order valence-corrected chi connectivity index (χ4v) is 1.98. The molecule has 1 aromatic rings. The zero-order chi connectivity index (χ0) is 14.4. The Morgan fingerprint density at radius 1 is 1.32 bits per heavy atom. The van der Waals surface area contributed by atoms with E-state index in [0.29, 0.717) is 5.69 Å². The van der Waals surface area contributed by atoms with Gasteiger partial charge in [-0.3, -0.25) is 4.79 Å². The van der Waals surface area contributed by atoms with Crippen LogP contribution in [0.3, 0.4) is 0 Å². The normalized spacial score (nSPS) is 10.2. The average Bonchev–Trinajstić information content (AvgIpc) is 2.29. The molecule has 5 nitrogen and oxygen atoms in total. The van der Waals surface area contributed by atoms with Gasteiger partial charge in [0, 0.05) is 10.5 Å². The summed E-state index contributed by atoms with van der Waals surface area (Å²) in [5.41, 5.74) is 1.78. The molecule has 0 aliphatic heterocycles. The lowest BCUT2D eigenvalue weighted by Gasteiger charge is -2.11. The number of hydrogen-bond acceptors (Lipinski definition) is 2. The van der Waals surface area contributed by atoms with Gasteiger partial charge in [0.1, 0.15) is 0 Å². The second-order valence-electron chi connectivity index (χ2n) is 4.51. The first-order valence-corrected chi connectivity index (χ1v) is 6.78. The van der Waals surface area contributed by atoms with Crippen molar-refractivity contribution in [3.63, 3.8) is 0 Å². The molecule has 0 atom stereocenters. The molecule has 3 amide bonds. The molecule has 0 heterocycles. The third kappa shape index (κ3) is 5.74. The first-order chi connectivity index (χ1) is 8.88. The molecule has 0 saturated heterocycles. The van der Waals surface area contributed by atoms with Crippen LogP contribution >= 0.6 is 15.9 Å². The minimum atomic E-state index is -0.354. The minimum absolute atomic E-state index is 0.0364. The van der Waals surface area contributed by atoms with Crippen LogP contribution in [0.15, 0.2) is 22.7 Å². The van der Waals surface area contributed by atoms with Crippen LogP contribution in [-0.4, -0.2) is 24.5 Å². The molecule has 0 bridgehead atoms.